The minimum atomic E-state index is 0.465. The second-order valence-electron chi connectivity index (χ2n) is 2.30. The third-order valence-electron chi connectivity index (χ3n) is 1.51. The number of aromatic nitrogens is 2. The summed E-state index contributed by atoms with van der Waals surface area (Å²) in [5, 5.41) is 3.33. The van der Waals surface area contributed by atoms with Crippen LogP contribution < -0.4 is 0 Å². The summed E-state index contributed by atoms with van der Waals surface area (Å²) in [5.74, 6) is 0. The van der Waals surface area contributed by atoms with E-state index in [2.05, 4.69) is 25.9 Å². The van der Waals surface area contributed by atoms with Gasteiger partial charge in [0.05, 0.1) is 4.47 Å². The molecule has 66 valence electrons. The highest BCUT2D eigenvalue weighted by atomic mass is 79.9. The van der Waals surface area contributed by atoms with Crippen molar-refractivity contribution in [2.24, 2.45) is 0 Å². The molecule has 0 aliphatic rings. The van der Waals surface area contributed by atoms with Gasteiger partial charge in [-0.15, -0.1) is 11.3 Å². The normalized spacial score (nSPS) is 10.3. The van der Waals surface area contributed by atoms with E-state index in [0.29, 0.717) is 5.15 Å². The highest BCUT2D eigenvalue weighted by molar-refractivity contribution is 9.10. The molecule has 0 saturated carbocycles. The zero-order chi connectivity index (χ0) is 9.26. The monoisotopic (exact) mass is 274 g/mol. The second kappa shape index (κ2) is 3.74. The molecule has 0 spiro atoms. The maximum atomic E-state index is 5.85. The van der Waals surface area contributed by atoms with Crippen LogP contribution in [0.4, 0.5) is 0 Å². The predicted molar refractivity (Wildman–Crippen MR) is 58.1 cm³/mol. The number of thiazole rings is 1. The van der Waals surface area contributed by atoms with Crippen molar-refractivity contribution in [3.63, 3.8) is 0 Å². The van der Waals surface area contributed by atoms with Crippen molar-refractivity contribution in [3.8, 4) is 10.6 Å². The largest absolute Gasteiger partial charge is 0.245 e. The van der Waals surface area contributed by atoms with Crippen LogP contribution in [0.3, 0.4) is 0 Å². The minimum Gasteiger partial charge on any atom is -0.245 e. The Bertz CT molecular complexity index is 416. The van der Waals surface area contributed by atoms with E-state index in [1.54, 1.807) is 23.7 Å². The van der Waals surface area contributed by atoms with E-state index in [0.717, 1.165) is 15.0 Å². The van der Waals surface area contributed by atoms with Gasteiger partial charge in [-0.3, -0.25) is 0 Å². The smallest absolute Gasteiger partial charge is 0.143 e. The van der Waals surface area contributed by atoms with Crippen molar-refractivity contribution >= 4 is 38.9 Å². The fourth-order valence-electron chi connectivity index (χ4n) is 0.940. The molecule has 0 aliphatic carbocycles. The lowest BCUT2D eigenvalue weighted by molar-refractivity contribution is 1.30. The van der Waals surface area contributed by atoms with Crippen molar-refractivity contribution in [1.29, 1.82) is 0 Å². The molecule has 2 heterocycles. The average molecular weight is 276 g/mol. The molecule has 0 radical (unpaired) electrons. The number of hydrogen-bond acceptors (Lipinski definition) is 3. The first-order valence-electron chi connectivity index (χ1n) is 3.49. The summed E-state index contributed by atoms with van der Waals surface area (Å²) in [7, 11) is 0. The van der Waals surface area contributed by atoms with Gasteiger partial charge in [0, 0.05) is 23.3 Å². The molecule has 0 aromatic carbocycles. The highest BCUT2D eigenvalue weighted by Gasteiger charge is 2.08. The van der Waals surface area contributed by atoms with Gasteiger partial charge in [-0.05, 0) is 22.0 Å². The van der Waals surface area contributed by atoms with Gasteiger partial charge in [0.25, 0.3) is 0 Å². The molecule has 0 atom stereocenters. The number of nitrogens with zero attached hydrogens (tertiary/aromatic N) is 2. The summed E-state index contributed by atoms with van der Waals surface area (Å²) in [6.07, 6.45) is 3.44. The summed E-state index contributed by atoms with van der Waals surface area (Å²) in [6, 6.07) is 1.88. The topological polar surface area (TPSA) is 25.8 Å². The van der Waals surface area contributed by atoms with Crippen molar-refractivity contribution in [2.45, 2.75) is 0 Å². The summed E-state index contributed by atoms with van der Waals surface area (Å²) >= 11 is 10.8. The molecular formula is C8H4BrClN2S. The third kappa shape index (κ3) is 1.75. The van der Waals surface area contributed by atoms with Crippen LogP contribution >= 0.6 is 38.9 Å². The number of hydrogen-bond donors (Lipinski definition) is 0. The zero-order valence-corrected chi connectivity index (χ0v) is 9.53. The second-order valence-corrected chi connectivity index (χ2v) is 4.35. The molecule has 2 nitrogen and oxygen atoms in total. The Morgan fingerprint density at radius 2 is 2.15 bits per heavy atom. The first-order valence-corrected chi connectivity index (χ1v) is 5.54. The van der Waals surface area contributed by atoms with Crippen molar-refractivity contribution in [2.75, 3.05) is 0 Å². The van der Waals surface area contributed by atoms with Gasteiger partial charge in [-0.1, -0.05) is 11.6 Å². The number of pyridine rings is 1. The Morgan fingerprint density at radius 1 is 1.31 bits per heavy atom. The number of halogens is 2. The Morgan fingerprint density at radius 3 is 2.85 bits per heavy atom. The van der Waals surface area contributed by atoms with Gasteiger partial charge in [-0.2, -0.15) is 0 Å². The maximum absolute atomic E-state index is 5.85. The molecule has 5 heteroatoms. The van der Waals surface area contributed by atoms with Crippen LogP contribution in [0.15, 0.2) is 28.3 Å². The standard InChI is InChI=1S/C8H4BrClN2S/c9-6-5(1-2-11-7(6)10)8-12-3-4-13-8/h1-4H. The molecule has 2 aromatic rings. The summed E-state index contributed by atoms with van der Waals surface area (Å²) < 4.78 is 0.798. The zero-order valence-electron chi connectivity index (χ0n) is 6.37. The van der Waals surface area contributed by atoms with E-state index in [-0.39, 0.29) is 0 Å². The lowest BCUT2D eigenvalue weighted by atomic mass is 10.3. The Labute approximate surface area is 92.7 Å². The van der Waals surface area contributed by atoms with Gasteiger partial charge in [-0.25, -0.2) is 9.97 Å². The lowest BCUT2D eigenvalue weighted by Crippen LogP contribution is -1.82. The molecular weight excluding hydrogens is 272 g/mol. The van der Waals surface area contributed by atoms with Crippen molar-refractivity contribution < 1.29 is 0 Å². The molecule has 13 heavy (non-hydrogen) atoms. The Balaban J connectivity index is 2.59. The number of rotatable bonds is 1. The molecule has 0 saturated heterocycles. The Hall–Kier alpha value is -0.450. The van der Waals surface area contributed by atoms with E-state index < -0.39 is 0 Å². The van der Waals surface area contributed by atoms with E-state index in [1.165, 1.54) is 0 Å². The Kier molecular flexibility index (Phi) is 2.62. The molecule has 2 aromatic heterocycles. The van der Waals surface area contributed by atoms with Crippen LogP contribution in [0, 0.1) is 0 Å². The quantitative estimate of drug-likeness (QED) is 0.743. The van der Waals surface area contributed by atoms with Crippen LogP contribution in [-0.4, -0.2) is 9.97 Å². The van der Waals surface area contributed by atoms with Crippen LogP contribution in [0.25, 0.3) is 10.6 Å². The summed E-state index contributed by atoms with van der Waals surface area (Å²) in [5.41, 5.74) is 0.981. The molecule has 2 rings (SSSR count). The van der Waals surface area contributed by atoms with Crippen LogP contribution in [0.1, 0.15) is 0 Å². The van der Waals surface area contributed by atoms with E-state index in [1.807, 2.05) is 11.4 Å². The highest BCUT2D eigenvalue weighted by Crippen LogP contribution is 2.32. The van der Waals surface area contributed by atoms with Gasteiger partial charge >= 0.3 is 0 Å². The van der Waals surface area contributed by atoms with Crippen LogP contribution in [-0.2, 0) is 0 Å². The molecule has 0 bridgehead atoms. The summed E-state index contributed by atoms with van der Waals surface area (Å²) in [6.45, 7) is 0. The first kappa shape index (κ1) is 9.12. The van der Waals surface area contributed by atoms with Gasteiger partial charge in [0.15, 0.2) is 0 Å². The maximum Gasteiger partial charge on any atom is 0.143 e. The van der Waals surface area contributed by atoms with E-state index in [9.17, 15) is 0 Å². The molecule has 0 aliphatic heterocycles. The van der Waals surface area contributed by atoms with E-state index >= 15 is 0 Å². The van der Waals surface area contributed by atoms with Gasteiger partial charge in [0.2, 0.25) is 0 Å². The van der Waals surface area contributed by atoms with Gasteiger partial charge in [0.1, 0.15) is 10.2 Å². The summed E-state index contributed by atoms with van der Waals surface area (Å²) in [4.78, 5) is 8.14. The SMILES string of the molecule is Clc1nccc(-c2nccs2)c1Br. The minimum absolute atomic E-state index is 0.465. The molecule has 0 unspecified atom stereocenters. The van der Waals surface area contributed by atoms with Crippen molar-refractivity contribution in [1.82, 2.24) is 9.97 Å². The van der Waals surface area contributed by atoms with Crippen LogP contribution in [0.2, 0.25) is 5.15 Å². The van der Waals surface area contributed by atoms with Crippen LogP contribution in [0.5, 0.6) is 0 Å². The first-order chi connectivity index (χ1) is 6.29. The van der Waals surface area contributed by atoms with Gasteiger partial charge < -0.3 is 0 Å². The third-order valence-corrected chi connectivity index (χ3v) is 3.63. The lowest BCUT2D eigenvalue weighted by Gasteiger charge is -2.00. The van der Waals surface area contributed by atoms with Crippen molar-refractivity contribution in [3.05, 3.63) is 33.5 Å². The molecule has 0 N–H and O–H groups in total. The fourth-order valence-corrected chi connectivity index (χ4v) is 2.32. The predicted octanol–water partition coefficient (Wildman–Crippen LogP) is 3.62. The molecule has 0 fully saturated rings. The molecule has 0 amide bonds. The average Bonchev–Trinajstić information content (AvgIpc) is 2.62. The fraction of sp³-hybridized carbons (Fsp3) is 0. The van der Waals surface area contributed by atoms with E-state index in [4.69, 9.17) is 11.6 Å².